The van der Waals surface area contributed by atoms with Crippen molar-refractivity contribution in [2.24, 2.45) is 5.10 Å². The third-order valence-electron chi connectivity index (χ3n) is 2.16. The van der Waals surface area contributed by atoms with Crippen molar-refractivity contribution >= 4 is 11.7 Å². The van der Waals surface area contributed by atoms with Gasteiger partial charge in [0.05, 0.1) is 7.11 Å². The number of allylic oxidation sites excluding steroid dienone is 2. The fourth-order valence-electron chi connectivity index (χ4n) is 1.39. The van der Waals surface area contributed by atoms with E-state index in [0.29, 0.717) is 5.71 Å². The van der Waals surface area contributed by atoms with Crippen LogP contribution in [-0.4, -0.2) is 23.8 Å². The highest BCUT2D eigenvalue weighted by Crippen LogP contribution is 2.19. The van der Waals surface area contributed by atoms with Crippen LogP contribution < -0.4 is 5.32 Å². The molecule has 2 rings (SSSR count). The van der Waals surface area contributed by atoms with E-state index in [9.17, 15) is 4.79 Å². The molecule has 0 aromatic carbocycles. The van der Waals surface area contributed by atoms with E-state index in [0.717, 1.165) is 11.4 Å². The van der Waals surface area contributed by atoms with E-state index < -0.39 is 5.97 Å². The minimum absolute atomic E-state index is 0.317. The number of fused-ring (bicyclic) bond motifs is 1. The largest absolute Gasteiger partial charge is 0.464 e. The van der Waals surface area contributed by atoms with Crippen molar-refractivity contribution in [1.29, 1.82) is 0 Å². The minimum atomic E-state index is -0.432. The summed E-state index contributed by atoms with van der Waals surface area (Å²) in [4.78, 5) is 11.4. The van der Waals surface area contributed by atoms with Gasteiger partial charge in [-0.15, -0.1) is 0 Å². The van der Waals surface area contributed by atoms with Gasteiger partial charge in [0.25, 0.3) is 0 Å². The van der Waals surface area contributed by atoms with E-state index in [4.69, 9.17) is 0 Å². The van der Waals surface area contributed by atoms with Crippen molar-refractivity contribution in [2.75, 3.05) is 7.11 Å². The Hall–Kier alpha value is -2.04. The number of esters is 1. The molecule has 0 atom stereocenters. The zero-order valence-electron chi connectivity index (χ0n) is 8.52. The topological polar surface area (TPSA) is 53.9 Å². The Balaban J connectivity index is 2.38. The number of hydrogen-bond acceptors (Lipinski definition) is 5. The Morgan fingerprint density at radius 3 is 3.13 bits per heavy atom. The van der Waals surface area contributed by atoms with Crippen LogP contribution in [0.2, 0.25) is 0 Å². The van der Waals surface area contributed by atoms with Gasteiger partial charge in [0.15, 0.2) is 5.71 Å². The molecular weight excluding hydrogens is 194 g/mol. The molecule has 2 aliphatic rings. The lowest BCUT2D eigenvalue weighted by atomic mass is 10.1. The third-order valence-corrected chi connectivity index (χ3v) is 2.16. The van der Waals surface area contributed by atoms with Gasteiger partial charge in [-0.25, -0.2) is 9.80 Å². The van der Waals surface area contributed by atoms with Gasteiger partial charge in [0, 0.05) is 18.0 Å². The average molecular weight is 205 g/mol. The Morgan fingerprint density at radius 1 is 1.67 bits per heavy atom. The maximum absolute atomic E-state index is 11.4. The predicted molar refractivity (Wildman–Crippen MR) is 55.4 cm³/mol. The minimum Gasteiger partial charge on any atom is -0.464 e. The number of carbonyl (C=O) groups is 1. The molecule has 0 bridgehead atoms. The maximum atomic E-state index is 11.4. The molecule has 78 valence electrons. The molecule has 0 amide bonds. The first-order valence-corrected chi connectivity index (χ1v) is 4.54. The second-order valence-corrected chi connectivity index (χ2v) is 3.02. The van der Waals surface area contributed by atoms with Crippen LogP contribution in [0.25, 0.3) is 0 Å². The van der Waals surface area contributed by atoms with Crippen LogP contribution in [0.1, 0.15) is 6.92 Å². The summed E-state index contributed by atoms with van der Waals surface area (Å²) < 4.78 is 4.66. The standard InChI is InChI=1S/C10H11N3O2/c1-3-7-6-8-11-4-5-13(8)12-9(7)10(14)15-2/h3-6,11H,1-2H3. The lowest BCUT2D eigenvalue weighted by Gasteiger charge is -2.19. The second kappa shape index (κ2) is 3.61. The van der Waals surface area contributed by atoms with Crippen molar-refractivity contribution < 1.29 is 9.53 Å². The summed E-state index contributed by atoms with van der Waals surface area (Å²) in [5, 5.41) is 8.76. The zero-order chi connectivity index (χ0) is 10.8. The third kappa shape index (κ3) is 1.52. The van der Waals surface area contributed by atoms with Gasteiger partial charge < -0.3 is 10.1 Å². The van der Waals surface area contributed by atoms with E-state index in [1.54, 1.807) is 17.4 Å². The van der Waals surface area contributed by atoms with Crippen molar-refractivity contribution in [3.63, 3.8) is 0 Å². The molecule has 0 spiro atoms. The quantitative estimate of drug-likeness (QED) is 0.640. The number of hydrazone groups is 1. The van der Waals surface area contributed by atoms with Gasteiger partial charge in [0.2, 0.25) is 0 Å². The van der Waals surface area contributed by atoms with Crippen LogP contribution in [-0.2, 0) is 9.53 Å². The van der Waals surface area contributed by atoms with Crippen molar-refractivity contribution in [3.8, 4) is 0 Å². The molecule has 1 N–H and O–H groups in total. The Bertz CT molecular complexity index is 418. The van der Waals surface area contributed by atoms with Crippen molar-refractivity contribution in [1.82, 2.24) is 10.3 Å². The fraction of sp³-hybridized carbons (Fsp3) is 0.200. The average Bonchev–Trinajstić information content (AvgIpc) is 2.73. The van der Waals surface area contributed by atoms with Crippen LogP contribution in [0, 0.1) is 0 Å². The number of carbonyl (C=O) groups excluding carboxylic acids is 1. The highest BCUT2D eigenvalue weighted by molar-refractivity contribution is 6.44. The SMILES string of the molecule is CC=C1C=C2NC=CN2N=C1C(=O)OC. The van der Waals surface area contributed by atoms with Gasteiger partial charge in [-0.3, -0.25) is 0 Å². The van der Waals surface area contributed by atoms with Crippen LogP contribution >= 0.6 is 0 Å². The van der Waals surface area contributed by atoms with E-state index in [1.165, 1.54) is 7.11 Å². The number of nitrogens with zero attached hydrogens (tertiary/aromatic N) is 2. The van der Waals surface area contributed by atoms with E-state index in [1.807, 2.05) is 19.1 Å². The molecular formula is C10H11N3O2. The molecule has 0 saturated heterocycles. The highest BCUT2D eigenvalue weighted by Gasteiger charge is 2.24. The first-order valence-electron chi connectivity index (χ1n) is 4.54. The second-order valence-electron chi connectivity index (χ2n) is 3.02. The van der Waals surface area contributed by atoms with Crippen molar-refractivity contribution in [3.05, 3.63) is 35.9 Å². The summed E-state index contributed by atoms with van der Waals surface area (Å²) in [6.45, 7) is 1.85. The fourth-order valence-corrected chi connectivity index (χ4v) is 1.39. The summed E-state index contributed by atoms with van der Waals surface area (Å²) >= 11 is 0. The smallest absolute Gasteiger partial charge is 0.359 e. The monoisotopic (exact) mass is 205 g/mol. The molecule has 0 aliphatic carbocycles. The van der Waals surface area contributed by atoms with Crippen LogP contribution in [0.3, 0.4) is 0 Å². The molecule has 0 radical (unpaired) electrons. The summed E-state index contributed by atoms with van der Waals surface area (Å²) in [5.41, 5.74) is 1.07. The zero-order valence-corrected chi connectivity index (χ0v) is 8.52. The Morgan fingerprint density at radius 2 is 2.47 bits per heavy atom. The molecule has 0 aromatic rings. The Kier molecular flexibility index (Phi) is 2.29. The van der Waals surface area contributed by atoms with Gasteiger partial charge in [-0.2, -0.15) is 5.10 Å². The summed E-state index contributed by atoms with van der Waals surface area (Å²) in [5.74, 6) is 0.398. The first kappa shape index (κ1) is 9.51. The van der Waals surface area contributed by atoms with Crippen LogP contribution in [0.4, 0.5) is 0 Å². The number of hydrogen-bond donors (Lipinski definition) is 1. The number of nitrogens with one attached hydrogen (secondary N) is 1. The Labute approximate surface area is 87.4 Å². The molecule has 5 heteroatoms. The first-order chi connectivity index (χ1) is 7.26. The molecule has 0 aromatic heterocycles. The normalized spacial score (nSPS) is 20.7. The number of rotatable bonds is 1. The van der Waals surface area contributed by atoms with Gasteiger partial charge in [0.1, 0.15) is 5.82 Å². The lowest BCUT2D eigenvalue weighted by Crippen LogP contribution is -2.27. The molecule has 0 fully saturated rings. The van der Waals surface area contributed by atoms with E-state index in [2.05, 4.69) is 15.2 Å². The molecule has 0 unspecified atom stereocenters. The van der Waals surface area contributed by atoms with Gasteiger partial charge >= 0.3 is 5.97 Å². The number of ether oxygens (including phenoxy) is 1. The highest BCUT2D eigenvalue weighted by atomic mass is 16.5. The van der Waals surface area contributed by atoms with Crippen LogP contribution in [0.15, 0.2) is 41.0 Å². The summed E-state index contributed by atoms with van der Waals surface area (Å²) in [6.07, 6.45) is 7.16. The number of methoxy groups -OCH3 is 1. The molecule has 5 nitrogen and oxygen atoms in total. The molecule has 0 saturated carbocycles. The predicted octanol–water partition coefficient (Wildman–Crippen LogP) is 0.693. The van der Waals surface area contributed by atoms with Gasteiger partial charge in [-0.1, -0.05) is 6.08 Å². The van der Waals surface area contributed by atoms with Crippen molar-refractivity contribution in [2.45, 2.75) is 6.92 Å². The molecule has 2 aliphatic heterocycles. The van der Waals surface area contributed by atoms with E-state index in [-0.39, 0.29) is 0 Å². The molecule has 2 heterocycles. The molecule has 15 heavy (non-hydrogen) atoms. The lowest BCUT2D eigenvalue weighted by molar-refractivity contribution is -0.132. The summed E-state index contributed by atoms with van der Waals surface area (Å²) in [6, 6.07) is 0. The van der Waals surface area contributed by atoms with Gasteiger partial charge in [-0.05, 0) is 13.0 Å². The maximum Gasteiger partial charge on any atom is 0.359 e. The van der Waals surface area contributed by atoms with Crippen LogP contribution in [0.5, 0.6) is 0 Å². The van der Waals surface area contributed by atoms with E-state index >= 15 is 0 Å². The summed E-state index contributed by atoms with van der Waals surface area (Å²) in [7, 11) is 1.34.